The maximum absolute atomic E-state index is 8.86. The summed E-state index contributed by atoms with van der Waals surface area (Å²) >= 11 is 0. The minimum absolute atomic E-state index is 0.218. The Balaban J connectivity index is 2.57. The van der Waals surface area contributed by atoms with Crippen LogP contribution in [0.25, 0.3) is 5.82 Å². The quantitative estimate of drug-likeness (QED) is 0.862. The summed E-state index contributed by atoms with van der Waals surface area (Å²) in [4.78, 5) is 8.77. The maximum Gasteiger partial charge on any atom is 0.159 e. The van der Waals surface area contributed by atoms with E-state index in [0.29, 0.717) is 17.2 Å². The van der Waals surface area contributed by atoms with Crippen LogP contribution < -0.4 is 5.73 Å². The third-order valence-corrected chi connectivity index (χ3v) is 2.52. The van der Waals surface area contributed by atoms with Crippen LogP contribution in [-0.2, 0) is 0 Å². The van der Waals surface area contributed by atoms with Crippen LogP contribution >= 0.6 is 0 Å². The summed E-state index contributed by atoms with van der Waals surface area (Å²) < 4.78 is 1.46. The molecule has 0 spiro atoms. The standard InChI is InChI=1S/C12H14N6/c1-7(2)12-16-8(3)4-10(17-12)18-11(14)9(5-13)6-15-18/h4,6-7H,14H2,1-3H3. The van der Waals surface area contributed by atoms with Crippen LogP contribution in [0.3, 0.4) is 0 Å². The van der Waals surface area contributed by atoms with Crippen molar-refractivity contribution < 1.29 is 0 Å². The van der Waals surface area contributed by atoms with Crippen molar-refractivity contribution in [1.29, 1.82) is 5.26 Å². The molecule has 2 heterocycles. The first-order chi connectivity index (χ1) is 8.52. The highest BCUT2D eigenvalue weighted by molar-refractivity contribution is 5.51. The molecule has 0 unspecified atom stereocenters. The first kappa shape index (κ1) is 12.0. The van der Waals surface area contributed by atoms with Crippen molar-refractivity contribution in [3.05, 3.63) is 29.3 Å². The van der Waals surface area contributed by atoms with Gasteiger partial charge in [0.1, 0.15) is 23.3 Å². The van der Waals surface area contributed by atoms with Crippen molar-refractivity contribution >= 4 is 5.82 Å². The number of hydrogen-bond acceptors (Lipinski definition) is 5. The molecule has 0 aliphatic heterocycles. The Bertz CT molecular complexity index is 620. The fourth-order valence-corrected chi connectivity index (χ4v) is 1.57. The molecule has 2 N–H and O–H groups in total. The highest BCUT2D eigenvalue weighted by Gasteiger charge is 2.12. The van der Waals surface area contributed by atoms with E-state index in [0.717, 1.165) is 11.5 Å². The van der Waals surface area contributed by atoms with Crippen LogP contribution in [0.5, 0.6) is 0 Å². The maximum atomic E-state index is 8.86. The van der Waals surface area contributed by atoms with Gasteiger partial charge in [0, 0.05) is 17.7 Å². The van der Waals surface area contributed by atoms with Crippen LogP contribution in [0.1, 0.15) is 36.8 Å². The molecule has 0 saturated carbocycles. The Kier molecular flexibility index (Phi) is 2.98. The lowest BCUT2D eigenvalue weighted by molar-refractivity contribution is 0.740. The van der Waals surface area contributed by atoms with E-state index in [1.807, 2.05) is 26.8 Å². The Morgan fingerprint density at radius 1 is 1.39 bits per heavy atom. The lowest BCUT2D eigenvalue weighted by atomic mass is 10.2. The number of rotatable bonds is 2. The lowest BCUT2D eigenvalue weighted by Crippen LogP contribution is -2.09. The van der Waals surface area contributed by atoms with Crippen LogP contribution in [-0.4, -0.2) is 19.7 Å². The van der Waals surface area contributed by atoms with Crippen LogP contribution in [0.2, 0.25) is 0 Å². The molecule has 18 heavy (non-hydrogen) atoms. The Morgan fingerprint density at radius 3 is 2.67 bits per heavy atom. The molecule has 0 amide bonds. The second-order valence-corrected chi connectivity index (χ2v) is 4.35. The van der Waals surface area contributed by atoms with Gasteiger partial charge >= 0.3 is 0 Å². The van der Waals surface area contributed by atoms with Gasteiger partial charge in [-0.25, -0.2) is 9.97 Å². The molecule has 0 aromatic carbocycles. The van der Waals surface area contributed by atoms with Crippen molar-refractivity contribution in [2.45, 2.75) is 26.7 Å². The molecule has 0 fully saturated rings. The predicted octanol–water partition coefficient (Wildman–Crippen LogP) is 1.55. The zero-order chi connectivity index (χ0) is 13.3. The SMILES string of the molecule is Cc1cc(-n2ncc(C#N)c2N)nc(C(C)C)n1. The van der Waals surface area contributed by atoms with Gasteiger partial charge in [0.25, 0.3) is 0 Å². The smallest absolute Gasteiger partial charge is 0.159 e. The minimum Gasteiger partial charge on any atom is -0.382 e. The summed E-state index contributed by atoms with van der Waals surface area (Å²) in [6.07, 6.45) is 1.43. The third-order valence-electron chi connectivity index (χ3n) is 2.52. The van der Waals surface area contributed by atoms with Gasteiger partial charge < -0.3 is 5.73 Å². The molecule has 0 aliphatic rings. The van der Waals surface area contributed by atoms with Crippen molar-refractivity contribution in [1.82, 2.24) is 19.7 Å². The van der Waals surface area contributed by atoms with E-state index < -0.39 is 0 Å². The molecule has 2 aromatic heterocycles. The molecular formula is C12H14N6. The molecule has 6 nitrogen and oxygen atoms in total. The summed E-state index contributed by atoms with van der Waals surface area (Å²) in [5.74, 6) is 1.84. The first-order valence-corrected chi connectivity index (χ1v) is 5.62. The van der Waals surface area contributed by atoms with Crippen molar-refractivity contribution in [2.75, 3.05) is 5.73 Å². The summed E-state index contributed by atoms with van der Waals surface area (Å²) in [5.41, 5.74) is 7.03. The largest absolute Gasteiger partial charge is 0.382 e. The molecule has 6 heteroatoms. The molecule has 0 aliphatic carbocycles. The van der Waals surface area contributed by atoms with E-state index in [-0.39, 0.29) is 5.92 Å². The zero-order valence-electron chi connectivity index (χ0n) is 10.5. The highest BCUT2D eigenvalue weighted by Crippen LogP contribution is 2.17. The number of aryl methyl sites for hydroxylation is 1. The van der Waals surface area contributed by atoms with Crippen molar-refractivity contribution in [3.8, 4) is 11.9 Å². The monoisotopic (exact) mass is 242 g/mol. The molecule has 0 bridgehead atoms. The van der Waals surface area contributed by atoms with E-state index >= 15 is 0 Å². The van der Waals surface area contributed by atoms with E-state index in [9.17, 15) is 0 Å². The second kappa shape index (κ2) is 4.45. The highest BCUT2D eigenvalue weighted by atomic mass is 15.3. The van der Waals surface area contributed by atoms with E-state index in [1.165, 1.54) is 10.9 Å². The van der Waals surface area contributed by atoms with Gasteiger partial charge in [-0.15, -0.1) is 0 Å². The zero-order valence-corrected chi connectivity index (χ0v) is 10.5. The molecular weight excluding hydrogens is 228 g/mol. The lowest BCUT2D eigenvalue weighted by Gasteiger charge is -2.09. The predicted molar refractivity (Wildman–Crippen MR) is 67.1 cm³/mol. The molecule has 0 radical (unpaired) electrons. The summed E-state index contributed by atoms with van der Waals surface area (Å²) in [5, 5.41) is 12.9. The number of nitriles is 1. The minimum atomic E-state index is 0.218. The number of anilines is 1. The Hall–Kier alpha value is -2.42. The normalized spacial score (nSPS) is 10.6. The van der Waals surface area contributed by atoms with Crippen molar-refractivity contribution in [3.63, 3.8) is 0 Å². The first-order valence-electron chi connectivity index (χ1n) is 5.62. The van der Waals surface area contributed by atoms with E-state index in [4.69, 9.17) is 11.0 Å². The van der Waals surface area contributed by atoms with Gasteiger partial charge in [-0.3, -0.25) is 0 Å². The average Bonchev–Trinajstić information content (AvgIpc) is 2.69. The fraction of sp³-hybridized carbons (Fsp3) is 0.333. The Morgan fingerprint density at radius 2 is 2.11 bits per heavy atom. The molecule has 2 aromatic rings. The molecule has 92 valence electrons. The van der Waals surface area contributed by atoms with Crippen LogP contribution in [0, 0.1) is 18.3 Å². The van der Waals surface area contributed by atoms with Crippen LogP contribution in [0.15, 0.2) is 12.3 Å². The van der Waals surface area contributed by atoms with E-state index in [2.05, 4.69) is 15.1 Å². The molecule has 0 saturated heterocycles. The molecule has 2 rings (SSSR count). The topological polar surface area (TPSA) is 93.4 Å². The van der Waals surface area contributed by atoms with E-state index in [1.54, 1.807) is 6.07 Å². The van der Waals surface area contributed by atoms with Gasteiger partial charge in [0.05, 0.1) is 6.20 Å². The average molecular weight is 242 g/mol. The van der Waals surface area contributed by atoms with Gasteiger partial charge in [0.2, 0.25) is 0 Å². The van der Waals surface area contributed by atoms with Gasteiger partial charge in [-0.05, 0) is 6.92 Å². The summed E-state index contributed by atoms with van der Waals surface area (Å²) in [7, 11) is 0. The number of aromatic nitrogens is 4. The van der Waals surface area contributed by atoms with Crippen molar-refractivity contribution in [2.24, 2.45) is 0 Å². The number of hydrogen-bond donors (Lipinski definition) is 1. The second-order valence-electron chi connectivity index (χ2n) is 4.35. The number of nitrogen functional groups attached to an aromatic ring is 1. The Labute approximate surface area is 105 Å². The van der Waals surface area contributed by atoms with Crippen LogP contribution in [0.4, 0.5) is 5.82 Å². The van der Waals surface area contributed by atoms with Gasteiger partial charge in [-0.2, -0.15) is 15.0 Å². The summed E-state index contributed by atoms with van der Waals surface area (Å²) in [6.45, 7) is 5.93. The number of nitrogens with zero attached hydrogens (tertiary/aromatic N) is 5. The third kappa shape index (κ3) is 2.02. The summed E-state index contributed by atoms with van der Waals surface area (Å²) in [6, 6.07) is 3.77. The van der Waals surface area contributed by atoms with Gasteiger partial charge in [0.15, 0.2) is 5.82 Å². The van der Waals surface area contributed by atoms with Gasteiger partial charge in [-0.1, -0.05) is 13.8 Å². The molecule has 0 atom stereocenters. The number of nitrogens with two attached hydrogens (primary N) is 1. The fourth-order valence-electron chi connectivity index (χ4n) is 1.57.